The number of rotatable bonds is 1. The molecule has 3 aromatic rings. The van der Waals surface area contributed by atoms with Crippen molar-refractivity contribution >= 4 is 22.9 Å². The van der Waals surface area contributed by atoms with Gasteiger partial charge in [-0.2, -0.15) is 0 Å². The number of hydrogen-bond acceptors (Lipinski definition) is 3. The summed E-state index contributed by atoms with van der Waals surface area (Å²) < 4.78 is 1.82. The molecule has 2 N–H and O–H groups in total. The predicted molar refractivity (Wildman–Crippen MR) is 67.8 cm³/mol. The van der Waals surface area contributed by atoms with Crippen LogP contribution < -0.4 is 5.73 Å². The fourth-order valence-electron chi connectivity index (χ4n) is 1.81. The number of fused-ring (bicyclic) bond motifs is 1. The van der Waals surface area contributed by atoms with Crippen LogP contribution in [0.1, 0.15) is 0 Å². The van der Waals surface area contributed by atoms with Crippen LogP contribution in [0, 0.1) is 0 Å². The van der Waals surface area contributed by atoms with Crippen LogP contribution in [0.3, 0.4) is 0 Å². The third-order valence-corrected chi connectivity index (χ3v) is 2.85. The number of imidazole rings is 1. The van der Waals surface area contributed by atoms with Crippen LogP contribution in [0.15, 0.2) is 42.7 Å². The van der Waals surface area contributed by atoms with Crippen LogP contribution >= 0.6 is 11.6 Å². The molecule has 0 spiro atoms. The van der Waals surface area contributed by atoms with E-state index in [-0.39, 0.29) is 0 Å². The maximum atomic E-state index is 6.09. The number of nitrogens with zero attached hydrogens (tertiary/aromatic N) is 3. The lowest BCUT2D eigenvalue weighted by Crippen LogP contribution is -1.98. The molecular weight excluding hydrogens is 236 g/mol. The van der Waals surface area contributed by atoms with Crippen molar-refractivity contribution in [2.75, 3.05) is 5.73 Å². The van der Waals surface area contributed by atoms with E-state index >= 15 is 0 Å². The number of halogens is 1. The van der Waals surface area contributed by atoms with Crippen LogP contribution in [-0.2, 0) is 0 Å². The average molecular weight is 245 g/mol. The lowest BCUT2D eigenvalue weighted by molar-refractivity contribution is 1.16. The van der Waals surface area contributed by atoms with Crippen LogP contribution in [0.25, 0.3) is 16.9 Å². The molecule has 0 aliphatic rings. The Morgan fingerprint density at radius 3 is 2.82 bits per heavy atom. The Labute approximate surface area is 103 Å². The quantitative estimate of drug-likeness (QED) is 0.716. The maximum Gasteiger partial charge on any atom is 0.155 e. The number of hydrogen-bond donors (Lipinski definition) is 1. The Morgan fingerprint density at radius 2 is 2.06 bits per heavy atom. The summed E-state index contributed by atoms with van der Waals surface area (Å²) in [4.78, 5) is 8.40. The molecule has 0 atom stereocenters. The summed E-state index contributed by atoms with van der Waals surface area (Å²) in [5, 5.41) is 0.441. The fourth-order valence-corrected chi connectivity index (χ4v) is 2.04. The van der Waals surface area contributed by atoms with Crippen LogP contribution in [0.5, 0.6) is 0 Å². The Morgan fingerprint density at radius 1 is 1.18 bits per heavy atom. The van der Waals surface area contributed by atoms with E-state index in [9.17, 15) is 0 Å². The van der Waals surface area contributed by atoms with Crippen molar-refractivity contribution in [3.8, 4) is 11.4 Å². The van der Waals surface area contributed by atoms with Gasteiger partial charge in [-0.25, -0.2) is 4.98 Å². The van der Waals surface area contributed by atoms with Crippen molar-refractivity contribution < 1.29 is 0 Å². The zero-order valence-electron chi connectivity index (χ0n) is 8.84. The van der Waals surface area contributed by atoms with Gasteiger partial charge in [0.2, 0.25) is 0 Å². The fraction of sp³-hybridized carbons (Fsp3) is 0. The Kier molecular flexibility index (Phi) is 2.23. The second-order valence-electron chi connectivity index (χ2n) is 3.64. The Balaban J connectivity index is 2.38. The zero-order chi connectivity index (χ0) is 11.8. The number of nitrogen functional groups attached to an aromatic ring is 1. The van der Waals surface area contributed by atoms with E-state index in [1.807, 2.05) is 34.7 Å². The molecule has 0 aliphatic heterocycles. The van der Waals surface area contributed by atoms with Crippen LogP contribution in [0.2, 0.25) is 5.15 Å². The third-order valence-electron chi connectivity index (χ3n) is 2.57. The summed E-state index contributed by atoms with van der Waals surface area (Å²) in [6.07, 6.45) is 3.45. The molecule has 5 heteroatoms. The van der Waals surface area contributed by atoms with Gasteiger partial charge in [0.15, 0.2) is 5.15 Å². The van der Waals surface area contributed by atoms with Gasteiger partial charge >= 0.3 is 0 Å². The van der Waals surface area contributed by atoms with Crippen molar-refractivity contribution in [3.63, 3.8) is 0 Å². The molecule has 17 heavy (non-hydrogen) atoms. The smallest absolute Gasteiger partial charge is 0.155 e. The first-order valence-corrected chi connectivity index (χ1v) is 5.48. The molecule has 0 amide bonds. The molecule has 3 rings (SSSR count). The summed E-state index contributed by atoms with van der Waals surface area (Å²) in [5.74, 6) is 1.30. The van der Waals surface area contributed by atoms with Crippen molar-refractivity contribution in [1.82, 2.24) is 14.4 Å². The van der Waals surface area contributed by atoms with Gasteiger partial charge in [0.1, 0.15) is 11.6 Å². The first kappa shape index (κ1) is 10.1. The molecular formula is C12H9ClN4. The van der Waals surface area contributed by atoms with E-state index in [0.717, 1.165) is 11.1 Å². The highest BCUT2D eigenvalue weighted by Crippen LogP contribution is 2.27. The van der Waals surface area contributed by atoms with Gasteiger partial charge in [0.05, 0.1) is 5.52 Å². The largest absolute Gasteiger partial charge is 0.385 e. The van der Waals surface area contributed by atoms with E-state index in [2.05, 4.69) is 9.97 Å². The summed E-state index contributed by atoms with van der Waals surface area (Å²) in [7, 11) is 0. The van der Waals surface area contributed by atoms with E-state index < -0.39 is 0 Å². The van der Waals surface area contributed by atoms with Crippen molar-refractivity contribution in [1.29, 1.82) is 0 Å². The number of pyridine rings is 2. The topological polar surface area (TPSA) is 56.2 Å². The van der Waals surface area contributed by atoms with Gasteiger partial charge < -0.3 is 5.73 Å². The van der Waals surface area contributed by atoms with Gasteiger partial charge in [0, 0.05) is 18.0 Å². The highest BCUT2D eigenvalue weighted by atomic mass is 35.5. The molecule has 0 aromatic carbocycles. The molecule has 3 heterocycles. The molecule has 0 bridgehead atoms. The highest BCUT2D eigenvalue weighted by molar-refractivity contribution is 6.33. The molecule has 0 aliphatic carbocycles. The highest BCUT2D eigenvalue weighted by Gasteiger charge is 2.12. The van der Waals surface area contributed by atoms with Gasteiger partial charge in [-0.1, -0.05) is 17.7 Å². The summed E-state index contributed by atoms with van der Waals surface area (Å²) >= 11 is 6.09. The van der Waals surface area contributed by atoms with Gasteiger partial charge in [-0.3, -0.25) is 9.38 Å². The SMILES string of the molecule is Nc1cccc2c(Cl)nc(-c3cccnc3)n12. The normalized spacial score (nSPS) is 10.9. The minimum Gasteiger partial charge on any atom is -0.385 e. The second kappa shape index (κ2) is 3.75. The molecule has 84 valence electrons. The third kappa shape index (κ3) is 1.54. The van der Waals surface area contributed by atoms with Gasteiger partial charge in [0.25, 0.3) is 0 Å². The number of anilines is 1. The lowest BCUT2D eigenvalue weighted by Gasteiger charge is -2.03. The van der Waals surface area contributed by atoms with E-state index in [1.54, 1.807) is 12.4 Å². The maximum absolute atomic E-state index is 6.09. The van der Waals surface area contributed by atoms with Crippen molar-refractivity contribution in [2.24, 2.45) is 0 Å². The molecule has 0 radical (unpaired) electrons. The molecule has 3 aromatic heterocycles. The average Bonchev–Trinajstić information content (AvgIpc) is 2.70. The summed E-state index contributed by atoms with van der Waals surface area (Å²) in [6, 6.07) is 9.32. The first-order valence-electron chi connectivity index (χ1n) is 5.10. The molecule has 0 saturated carbocycles. The van der Waals surface area contributed by atoms with Crippen LogP contribution in [0.4, 0.5) is 5.82 Å². The summed E-state index contributed by atoms with van der Waals surface area (Å²) in [5.41, 5.74) is 7.63. The van der Waals surface area contributed by atoms with E-state index in [1.165, 1.54) is 0 Å². The monoisotopic (exact) mass is 244 g/mol. The minimum atomic E-state index is 0.441. The second-order valence-corrected chi connectivity index (χ2v) is 4.00. The standard InChI is InChI=1S/C12H9ClN4/c13-11-9-4-1-5-10(14)17(9)12(16-11)8-3-2-6-15-7-8/h1-7H,14H2. The Hall–Kier alpha value is -2.07. The van der Waals surface area contributed by atoms with Crippen molar-refractivity contribution in [2.45, 2.75) is 0 Å². The molecule has 0 unspecified atom stereocenters. The number of aromatic nitrogens is 3. The van der Waals surface area contributed by atoms with E-state index in [0.29, 0.717) is 16.8 Å². The van der Waals surface area contributed by atoms with Crippen molar-refractivity contribution in [3.05, 3.63) is 47.9 Å². The number of nitrogens with two attached hydrogens (primary N) is 1. The molecule has 0 saturated heterocycles. The van der Waals surface area contributed by atoms with E-state index in [4.69, 9.17) is 17.3 Å². The van der Waals surface area contributed by atoms with Gasteiger partial charge in [-0.15, -0.1) is 0 Å². The van der Waals surface area contributed by atoms with Gasteiger partial charge in [-0.05, 0) is 24.3 Å². The molecule has 0 fully saturated rings. The van der Waals surface area contributed by atoms with Crippen LogP contribution in [-0.4, -0.2) is 14.4 Å². The molecule has 4 nitrogen and oxygen atoms in total. The minimum absolute atomic E-state index is 0.441. The first-order chi connectivity index (χ1) is 8.27. The predicted octanol–water partition coefficient (Wildman–Crippen LogP) is 2.63. The Bertz CT molecular complexity index is 676. The zero-order valence-corrected chi connectivity index (χ0v) is 9.59. The lowest BCUT2D eigenvalue weighted by atomic mass is 10.2. The summed E-state index contributed by atoms with van der Waals surface area (Å²) in [6.45, 7) is 0.